The van der Waals surface area contributed by atoms with Gasteiger partial charge in [-0.25, -0.2) is 0 Å². The first-order valence-corrected chi connectivity index (χ1v) is 9.55. The molecule has 4 nitrogen and oxygen atoms in total. The van der Waals surface area contributed by atoms with Gasteiger partial charge in [-0.2, -0.15) is 0 Å². The molecule has 0 aromatic rings. The molecule has 5 heteroatoms. The van der Waals surface area contributed by atoms with Crippen LogP contribution in [0.3, 0.4) is 0 Å². The Morgan fingerprint density at radius 3 is 2.46 bits per heavy atom. The Labute approximate surface area is 153 Å². The molecule has 2 rings (SSSR count). The zero-order valence-electron chi connectivity index (χ0n) is 15.5. The van der Waals surface area contributed by atoms with Gasteiger partial charge < -0.3 is 15.2 Å². The SMILES string of the molecule is CC(C)CO[C@@H]1[C@@H](CC2CCCC2)CCC[C@H](N)C(=O)O[C@H]1C.Cl. The maximum absolute atomic E-state index is 12.1. The van der Waals surface area contributed by atoms with E-state index < -0.39 is 6.04 Å². The van der Waals surface area contributed by atoms with Crippen LogP contribution in [0.5, 0.6) is 0 Å². The Morgan fingerprint density at radius 1 is 1.17 bits per heavy atom. The fourth-order valence-electron chi connectivity index (χ4n) is 4.10. The van der Waals surface area contributed by atoms with Crippen LogP contribution in [-0.2, 0) is 14.3 Å². The number of esters is 1. The fourth-order valence-corrected chi connectivity index (χ4v) is 4.10. The van der Waals surface area contributed by atoms with Gasteiger partial charge >= 0.3 is 5.97 Å². The molecule has 2 fully saturated rings. The molecule has 142 valence electrons. The van der Waals surface area contributed by atoms with Crippen LogP contribution in [0, 0.1) is 17.8 Å². The molecule has 2 N–H and O–H groups in total. The van der Waals surface area contributed by atoms with Crippen molar-refractivity contribution in [1.82, 2.24) is 0 Å². The number of carbonyl (C=O) groups is 1. The third-order valence-electron chi connectivity index (χ3n) is 5.35. The summed E-state index contributed by atoms with van der Waals surface area (Å²) in [7, 11) is 0. The minimum absolute atomic E-state index is 0. The first kappa shape index (κ1) is 21.7. The molecule has 0 unspecified atom stereocenters. The number of halogens is 1. The number of rotatable bonds is 5. The topological polar surface area (TPSA) is 61.5 Å². The van der Waals surface area contributed by atoms with Crippen molar-refractivity contribution < 1.29 is 14.3 Å². The van der Waals surface area contributed by atoms with Gasteiger partial charge in [0.05, 0.1) is 6.10 Å². The summed E-state index contributed by atoms with van der Waals surface area (Å²) in [5.41, 5.74) is 5.94. The number of hydrogen-bond donors (Lipinski definition) is 1. The van der Waals surface area contributed by atoms with Crippen molar-refractivity contribution in [2.45, 2.75) is 90.4 Å². The number of hydrogen-bond acceptors (Lipinski definition) is 4. The third kappa shape index (κ3) is 6.53. The molecule has 4 atom stereocenters. The van der Waals surface area contributed by atoms with E-state index >= 15 is 0 Å². The van der Waals surface area contributed by atoms with E-state index in [1.807, 2.05) is 6.92 Å². The highest BCUT2D eigenvalue weighted by atomic mass is 35.5. The number of cyclic esters (lactones) is 1. The van der Waals surface area contributed by atoms with Crippen LogP contribution in [0.1, 0.15) is 72.1 Å². The molecule has 1 heterocycles. The lowest BCUT2D eigenvalue weighted by Gasteiger charge is -2.33. The van der Waals surface area contributed by atoms with E-state index in [-0.39, 0.29) is 30.6 Å². The average Bonchev–Trinajstić information content (AvgIpc) is 2.99. The molecule has 1 aliphatic carbocycles. The zero-order valence-corrected chi connectivity index (χ0v) is 16.4. The smallest absolute Gasteiger partial charge is 0.323 e. The summed E-state index contributed by atoms with van der Waals surface area (Å²) in [4.78, 5) is 12.1. The van der Waals surface area contributed by atoms with Crippen LogP contribution in [0.15, 0.2) is 0 Å². The Bertz CT molecular complexity index is 372. The molecule has 0 radical (unpaired) electrons. The van der Waals surface area contributed by atoms with Gasteiger partial charge in [-0.05, 0) is 43.9 Å². The van der Waals surface area contributed by atoms with Crippen molar-refractivity contribution in [3.8, 4) is 0 Å². The summed E-state index contributed by atoms with van der Waals surface area (Å²) in [5, 5.41) is 0. The highest BCUT2D eigenvalue weighted by molar-refractivity contribution is 5.85. The van der Waals surface area contributed by atoms with Crippen LogP contribution in [0.25, 0.3) is 0 Å². The molecule has 1 saturated heterocycles. The van der Waals surface area contributed by atoms with Crippen LogP contribution >= 0.6 is 12.4 Å². The highest BCUT2D eigenvalue weighted by Gasteiger charge is 2.35. The maximum Gasteiger partial charge on any atom is 0.323 e. The summed E-state index contributed by atoms with van der Waals surface area (Å²) in [6.45, 7) is 7.02. The first-order valence-electron chi connectivity index (χ1n) is 9.55. The Balaban J connectivity index is 0.00000288. The molecule has 0 bridgehead atoms. The minimum atomic E-state index is -0.478. The summed E-state index contributed by atoms with van der Waals surface area (Å²) in [6, 6.07) is -0.478. The normalized spacial score (nSPS) is 32.6. The van der Waals surface area contributed by atoms with Crippen LogP contribution < -0.4 is 5.73 Å². The average molecular weight is 362 g/mol. The Morgan fingerprint density at radius 2 is 1.83 bits per heavy atom. The molecule has 0 aromatic heterocycles. The second kappa shape index (κ2) is 10.6. The number of nitrogens with two attached hydrogens (primary N) is 1. The van der Waals surface area contributed by atoms with Crippen molar-refractivity contribution >= 4 is 18.4 Å². The number of carbonyl (C=O) groups excluding carboxylic acids is 1. The van der Waals surface area contributed by atoms with E-state index in [0.717, 1.165) is 31.8 Å². The molecule has 2 aliphatic rings. The quantitative estimate of drug-likeness (QED) is 0.749. The predicted octanol–water partition coefficient (Wildman–Crippen LogP) is 4.09. The summed E-state index contributed by atoms with van der Waals surface area (Å²) in [5.74, 6) is 1.52. The summed E-state index contributed by atoms with van der Waals surface area (Å²) >= 11 is 0. The van der Waals surface area contributed by atoms with Crippen LogP contribution in [0.2, 0.25) is 0 Å². The molecule has 0 aromatic carbocycles. The zero-order chi connectivity index (χ0) is 16.8. The lowest BCUT2D eigenvalue weighted by atomic mass is 9.83. The largest absolute Gasteiger partial charge is 0.459 e. The first-order chi connectivity index (χ1) is 11.0. The van der Waals surface area contributed by atoms with Crippen LogP contribution in [0.4, 0.5) is 0 Å². The standard InChI is InChI=1S/C19H35NO3.ClH/c1-13(2)12-22-18-14(3)23-19(21)17(20)10-6-9-16(18)11-15-7-4-5-8-15;/h13-18H,4-12,20H2,1-3H3;1H/t14-,16+,17-,18-;/m0./s1. The van der Waals surface area contributed by atoms with Gasteiger partial charge in [-0.15, -0.1) is 12.4 Å². The van der Waals surface area contributed by atoms with E-state index in [2.05, 4.69) is 13.8 Å². The fraction of sp³-hybridized carbons (Fsp3) is 0.947. The minimum Gasteiger partial charge on any atom is -0.459 e. The van der Waals surface area contributed by atoms with Crippen molar-refractivity contribution in [2.75, 3.05) is 6.61 Å². The van der Waals surface area contributed by atoms with Gasteiger partial charge in [0.25, 0.3) is 0 Å². The lowest BCUT2D eigenvalue weighted by molar-refractivity contribution is -0.161. The van der Waals surface area contributed by atoms with Crippen molar-refractivity contribution in [2.24, 2.45) is 23.5 Å². The van der Waals surface area contributed by atoms with Gasteiger partial charge in [0, 0.05) is 6.61 Å². The van der Waals surface area contributed by atoms with Gasteiger partial charge in [-0.3, -0.25) is 4.79 Å². The second-order valence-electron chi connectivity index (χ2n) is 8.02. The molecule has 0 spiro atoms. The number of ether oxygens (including phenoxy) is 2. The predicted molar refractivity (Wildman–Crippen MR) is 99.3 cm³/mol. The van der Waals surface area contributed by atoms with E-state index in [0.29, 0.717) is 11.8 Å². The lowest BCUT2D eigenvalue weighted by Crippen LogP contribution is -2.41. The van der Waals surface area contributed by atoms with E-state index in [9.17, 15) is 4.79 Å². The molecule has 1 aliphatic heterocycles. The van der Waals surface area contributed by atoms with Crippen molar-refractivity contribution in [3.63, 3.8) is 0 Å². The summed E-state index contributed by atoms with van der Waals surface area (Å²) in [6.07, 6.45) is 9.24. The monoisotopic (exact) mass is 361 g/mol. The van der Waals surface area contributed by atoms with E-state index in [1.165, 1.54) is 32.1 Å². The van der Waals surface area contributed by atoms with Crippen LogP contribution in [-0.4, -0.2) is 30.8 Å². The van der Waals surface area contributed by atoms with Gasteiger partial charge in [-0.1, -0.05) is 46.0 Å². The molecule has 1 saturated carbocycles. The molecular formula is C19H36ClNO3. The van der Waals surface area contributed by atoms with Gasteiger partial charge in [0.15, 0.2) is 0 Å². The molecule has 0 amide bonds. The second-order valence-corrected chi connectivity index (χ2v) is 8.02. The maximum atomic E-state index is 12.1. The highest BCUT2D eigenvalue weighted by Crippen LogP contribution is 2.36. The Hall–Kier alpha value is -0.320. The molecule has 24 heavy (non-hydrogen) atoms. The van der Waals surface area contributed by atoms with E-state index in [1.54, 1.807) is 0 Å². The molecular weight excluding hydrogens is 326 g/mol. The third-order valence-corrected chi connectivity index (χ3v) is 5.35. The van der Waals surface area contributed by atoms with Crippen molar-refractivity contribution in [1.29, 1.82) is 0 Å². The van der Waals surface area contributed by atoms with Crippen molar-refractivity contribution in [3.05, 3.63) is 0 Å². The van der Waals surface area contributed by atoms with Gasteiger partial charge in [0.2, 0.25) is 0 Å². The summed E-state index contributed by atoms with van der Waals surface area (Å²) < 4.78 is 11.9. The van der Waals surface area contributed by atoms with E-state index in [4.69, 9.17) is 15.2 Å². The Kier molecular flexibility index (Phi) is 9.61. The van der Waals surface area contributed by atoms with Gasteiger partial charge in [0.1, 0.15) is 12.1 Å².